The SMILES string of the molecule is COc1c(C)cnc(CSc2nc3ccc(OCc4ccccc4)cc3[nH]2)c1C. The van der Waals surface area contributed by atoms with Crippen molar-refractivity contribution in [2.75, 3.05) is 7.11 Å². The molecule has 0 fully saturated rings. The van der Waals surface area contributed by atoms with E-state index in [1.807, 2.05) is 56.4 Å². The van der Waals surface area contributed by atoms with Crippen LogP contribution in [0.4, 0.5) is 0 Å². The number of H-pyrrole nitrogens is 1. The van der Waals surface area contributed by atoms with Gasteiger partial charge in [0.2, 0.25) is 0 Å². The summed E-state index contributed by atoms with van der Waals surface area (Å²) in [5.74, 6) is 2.45. The van der Waals surface area contributed by atoms with Crippen LogP contribution in [0.1, 0.15) is 22.4 Å². The van der Waals surface area contributed by atoms with Gasteiger partial charge in [0.25, 0.3) is 0 Å². The predicted molar refractivity (Wildman–Crippen MR) is 117 cm³/mol. The number of methoxy groups -OCH3 is 1. The molecule has 148 valence electrons. The van der Waals surface area contributed by atoms with Crippen LogP contribution in [0, 0.1) is 13.8 Å². The summed E-state index contributed by atoms with van der Waals surface area (Å²) in [5, 5.41) is 0.862. The number of nitrogens with zero attached hydrogens (tertiary/aromatic N) is 2. The second-order valence-corrected chi connectivity index (χ2v) is 7.79. The standard InChI is InChI=1S/C23H23N3O2S/c1-15-12-24-21(16(2)22(15)27-3)14-29-23-25-19-10-9-18(11-20(19)26-23)28-13-17-7-5-4-6-8-17/h4-12H,13-14H2,1-3H3,(H,25,26). The molecule has 4 rings (SSSR count). The van der Waals surface area contributed by atoms with Gasteiger partial charge in [0.05, 0.1) is 23.8 Å². The first-order valence-corrected chi connectivity index (χ1v) is 10.4. The van der Waals surface area contributed by atoms with Crippen molar-refractivity contribution in [3.05, 3.63) is 77.1 Å². The van der Waals surface area contributed by atoms with Crippen molar-refractivity contribution in [3.8, 4) is 11.5 Å². The molecule has 0 aliphatic carbocycles. The molecule has 0 atom stereocenters. The highest BCUT2D eigenvalue weighted by Gasteiger charge is 2.11. The molecule has 0 amide bonds. The van der Waals surface area contributed by atoms with E-state index in [0.717, 1.165) is 55.8 Å². The molecule has 0 aliphatic heterocycles. The Labute approximate surface area is 174 Å². The Balaban J connectivity index is 1.45. The van der Waals surface area contributed by atoms with E-state index in [1.54, 1.807) is 18.9 Å². The lowest BCUT2D eigenvalue weighted by Gasteiger charge is -2.11. The fourth-order valence-corrected chi connectivity index (χ4v) is 4.13. The van der Waals surface area contributed by atoms with E-state index in [2.05, 4.69) is 27.1 Å². The van der Waals surface area contributed by atoms with Crippen molar-refractivity contribution >= 4 is 22.8 Å². The summed E-state index contributed by atoms with van der Waals surface area (Å²) < 4.78 is 11.4. The molecule has 0 aliphatic rings. The first-order chi connectivity index (χ1) is 14.1. The van der Waals surface area contributed by atoms with E-state index in [-0.39, 0.29) is 0 Å². The molecule has 0 bridgehead atoms. The van der Waals surface area contributed by atoms with E-state index >= 15 is 0 Å². The lowest BCUT2D eigenvalue weighted by Crippen LogP contribution is -1.98. The molecular weight excluding hydrogens is 382 g/mol. The molecule has 5 nitrogen and oxygen atoms in total. The highest BCUT2D eigenvalue weighted by Crippen LogP contribution is 2.29. The van der Waals surface area contributed by atoms with Crippen LogP contribution >= 0.6 is 11.8 Å². The maximum atomic E-state index is 5.91. The summed E-state index contributed by atoms with van der Waals surface area (Å²) in [6.45, 7) is 4.60. The molecule has 2 heterocycles. The number of nitrogens with one attached hydrogen (secondary N) is 1. The number of thioether (sulfide) groups is 1. The minimum atomic E-state index is 0.544. The zero-order chi connectivity index (χ0) is 20.2. The molecule has 0 spiro atoms. The number of rotatable bonds is 7. The highest BCUT2D eigenvalue weighted by atomic mass is 32.2. The van der Waals surface area contributed by atoms with E-state index in [9.17, 15) is 0 Å². The molecule has 2 aromatic heterocycles. The topological polar surface area (TPSA) is 60.0 Å². The normalized spacial score (nSPS) is 11.0. The van der Waals surface area contributed by atoms with Crippen LogP contribution in [0.3, 0.4) is 0 Å². The quantitative estimate of drug-likeness (QED) is 0.414. The van der Waals surface area contributed by atoms with Crippen molar-refractivity contribution in [1.82, 2.24) is 15.0 Å². The average Bonchev–Trinajstić information content (AvgIpc) is 3.15. The number of imidazole rings is 1. The van der Waals surface area contributed by atoms with E-state index in [1.165, 1.54) is 0 Å². The number of pyridine rings is 1. The number of ether oxygens (including phenoxy) is 2. The number of aryl methyl sites for hydroxylation is 1. The Morgan fingerprint density at radius 1 is 1.07 bits per heavy atom. The molecule has 29 heavy (non-hydrogen) atoms. The third-order valence-electron chi connectivity index (χ3n) is 4.78. The van der Waals surface area contributed by atoms with Crippen LogP contribution < -0.4 is 9.47 Å². The van der Waals surface area contributed by atoms with Crippen molar-refractivity contribution in [2.45, 2.75) is 31.4 Å². The molecule has 0 unspecified atom stereocenters. The first-order valence-electron chi connectivity index (χ1n) is 9.42. The van der Waals surface area contributed by atoms with Gasteiger partial charge in [-0.05, 0) is 31.5 Å². The minimum absolute atomic E-state index is 0.544. The van der Waals surface area contributed by atoms with E-state index < -0.39 is 0 Å². The Morgan fingerprint density at radius 2 is 1.90 bits per heavy atom. The Kier molecular flexibility index (Phi) is 5.71. The smallest absolute Gasteiger partial charge is 0.166 e. The predicted octanol–water partition coefficient (Wildman–Crippen LogP) is 5.45. The van der Waals surface area contributed by atoms with Crippen LogP contribution in [-0.4, -0.2) is 22.1 Å². The van der Waals surface area contributed by atoms with Crippen LogP contribution in [-0.2, 0) is 12.4 Å². The number of hydrogen-bond donors (Lipinski definition) is 1. The van der Waals surface area contributed by atoms with Crippen LogP contribution in [0.25, 0.3) is 11.0 Å². The monoisotopic (exact) mass is 405 g/mol. The van der Waals surface area contributed by atoms with Crippen LogP contribution in [0.15, 0.2) is 59.9 Å². The van der Waals surface area contributed by atoms with Gasteiger partial charge >= 0.3 is 0 Å². The fraction of sp³-hybridized carbons (Fsp3) is 0.217. The lowest BCUT2D eigenvalue weighted by molar-refractivity contribution is 0.306. The number of fused-ring (bicyclic) bond motifs is 1. The van der Waals surface area contributed by atoms with Gasteiger partial charge in [-0.1, -0.05) is 42.1 Å². The second kappa shape index (κ2) is 8.57. The minimum Gasteiger partial charge on any atom is -0.496 e. The highest BCUT2D eigenvalue weighted by molar-refractivity contribution is 7.98. The Morgan fingerprint density at radius 3 is 2.69 bits per heavy atom. The summed E-state index contributed by atoms with van der Waals surface area (Å²) >= 11 is 1.63. The maximum Gasteiger partial charge on any atom is 0.166 e. The fourth-order valence-electron chi connectivity index (χ4n) is 3.22. The van der Waals surface area contributed by atoms with Gasteiger partial charge in [0.15, 0.2) is 5.16 Å². The van der Waals surface area contributed by atoms with Crippen molar-refractivity contribution in [3.63, 3.8) is 0 Å². The third kappa shape index (κ3) is 4.38. The molecular formula is C23H23N3O2S. The van der Waals surface area contributed by atoms with Crippen molar-refractivity contribution in [2.24, 2.45) is 0 Å². The Hall–Kier alpha value is -2.99. The van der Waals surface area contributed by atoms with Gasteiger partial charge < -0.3 is 14.5 Å². The van der Waals surface area contributed by atoms with E-state index in [0.29, 0.717) is 6.61 Å². The first kappa shape index (κ1) is 19.3. The van der Waals surface area contributed by atoms with Gasteiger partial charge in [0.1, 0.15) is 18.1 Å². The van der Waals surface area contributed by atoms with E-state index in [4.69, 9.17) is 9.47 Å². The lowest BCUT2D eigenvalue weighted by atomic mass is 10.1. The van der Waals surface area contributed by atoms with Gasteiger partial charge in [-0.25, -0.2) is 4.98 Å². The van der Waals surface area contributed by atoms with Crippen molar-refractivity contribution < 1.29 is 9.47 Å². The number of aromatic nitrogens is 3. The van der Waals surface area contributed by atoms with Crippen LogP contribution in [0.5, 0.6) is 11.5 Å². The van der Waals surface area contributed by atoms with Crippen LogP contribution in [0.2, 0.25) is 0 Å². The average molecular weight is 406 g/mol. The van der Waals surface area contributed by atoms with Gasteiger partial charge in [-0.2, -0.15) is 0 Å². The molecule has 1 N–H and O–H groups in total. The summed E-state index contributed by atoms with van der Waals surface area (Å²) in [6, 6.07) is 16.1. The molecule has 4 aromatic rings. The molecule has 0 radical (unpaired) electrons. The zero-order valence-electron chi connectivity index (χ0n) is 16.7. The number of aromatic amines is 1. The van der Waals surface area contributed by atoms with Crippen molar-refractivity contribution in [1.29, 1.82) is 0 Å². The number of hydrogen-bond acceptors (Lipinski definition) is 5. The van der Waals surface area contributed by atoms with Gasteiger partial charge in [0, 0.05) is 29.1 Å². The molecule has 2 aromatic carbocycles. The molecule has 6 heteroatoms. The summed E-state index contributed by atoms with van der Waals surface area (Å²) in [5.41, 5.74) is 6.16. The summed E-state index contributed by atoms with van der Waals surface area (Å²) in [4.78, 5) is 12.6. The second-order valence-electron chi connectivity index (χ2n) is 6.83. The largest absolute Gasteiger partial charge is 0.496 e. The summed E-state index contributed by atoms with van der Waals surface area (Å²) in [7, 11) is 1.70. The summed E-state index contributed by atoms with van der Waals surface area (Å²) in [6.07, 6.45) is 1.86. The molecule has 0 saturated carbocycles. The zero-order valence-corrected chi connectivity index (χ0v) is 17.5. The molecule has 0 saturated heterocycles. The maximum absolute atomic E-state index is 5.91. The van der Waals surface area contributed by atoms with Gasteiger partial charge in [-0.15, -0.1) is 0 Å². The van der Waals surface area contributed by atoms with Gasteiger partial charge in [-0.3, -0.25) is 4.98 Å². The Bertz CT molecular complexity index is 1130. The number of benzene rings is 2. The third-order valence-corrected chi connectivity index (χ3v) is 5.66.